The Morgan fingerprint density at radius 3 is 2.35 bits per heavy atom. The average molecular weight is 316 g/mol. The number of hydrogen-bond acceptors (Lipinski definition) is 2. The lowest BCUT2D eigenvalue weighted by Gasteiger charge is -2.36. The van der Waals surface area contributed by atoms with Crippen molar-refractivity contribution >= 4 is 5.91 Å². The molecule has 1 heterocycles. The minimum absolute atomic E-state index is 0.233. The third-order valence-corrected chi connectivity index (χ3v) is 5.96. The largest absolute Gasteiger partial charge is 0.341 e. The van der Waals surface area contributed by atoms with Crippen LogP contribution in [0.1, 0.15) is 44.1 Å². The van der Waals surface area contributed by atoms with Gasteiger partial charge in [0, 0.05) is 32.2 Å². The van der Waals surface area contributed by atoms with E-state index in [1.165, 1.54) is 31.4 Å². The molecule has 1 aromatic carbocycles. The van der Waals surface area contributed by atoms with Gasteiger partial charge in [-0.05, 0) is 49.8 Å². The van der Waals surface area contributed by atoms with E-state index in [1.54, 1.807) is 12.1 Å². The first kappa shape index (κ1) is 15.1. The summed E-state index contributed by atoms with van der Waals surface area (Å²) >= 11 is 0. The number of benzene rings is 1. The molecule has 0 N–H and O–H groups in total. The van der Waals surface area contributed by atoms with Crippen molar-refractivity contribution in [2.45, 2.75) is 50.0 Å². The van der Waals surface area contributed by atoms with Crippen LogP contribution in [-0.2, 0) is 10.2 Å². The minimum Gasteiger partial charge on any atom is -0.341 e. The minimum atomic E-state index is -0.362. The lowest BCUT2D eigenvalue weighted by Crippen LogP contribution is -2.44. The normalized spacial score (nSPS) is 24.8. The summed E-state index contributed by atoms with van der Waals surface area (Å²) in [6.07, 6.45) is 6.89. The monoisotopic (exact) mass is 316 g/mol. The van der Waals surface area contributed by atoms with Crippen LogP contribution in [0.4, 0.5) is 4.39 Å². The number of carbonyl (C=O) groups excluding carboxylic acids is 1. The van der Waals surface area contributed by atoms with Crippen molar-refractivity contribution in [3.63, 3.8) is 0 Å². The van der Waals surface area contributed by atoms with Crippen LogP contribution in [0.25, 0.3) is 0 Å². The number of rotatable bonds is 3. The first-order valence-electron chi connectivity index (χ1n) is 8.98. The summed E-state index contributed by atoms with van der Waals surface area (Å²) in [7, 11) is 0. The summed E-state index contributed by atoms with van der Waals surface area (Å²) in [5, 5.41) is 0. The standard InChI is InChI=1S/C19H25FN2O/c20-16-7-5-15(6-8-16)19(9-10-19)18(23)22-12-2-11-21(13-14-22)17-3-1-4-17/h5-8,17H,1-4,9-14H2. The van der Waals surface area contributed by atoms with Gasteiger partial charge >= 0.3 is 0 Å². The van der Waals surface area contributed by atoms with Crippen LogP contribution in [-0.4, -0.2) is 47.9 Å². The molecule has 1 aromatic rings. The van der Waals surface area contributed by atoms with E-state index in [0.29, 0.717) is 0 Å². The molecule has 2 saturated carbocycles. The number of halogens is 1. The summed E-state index contributed by atoms with van der Waals surface area (Å²) in [5.74, 6) is 0.0301. The molecule has 0 radical (unpaired) electrons. The second kappa shape index (κ2) is 5.90. The highest BCUT2D eigenvalue weighted by Gasteiger charge is 2.53. The summed E-state index contributed by atoms with van der Waals surface area (Å²) in [4.78, 5) is 17.7. The molecule has 23 heavy (non-hydrogen) atoms. The number of amides is 1. The molecule has 3 fully saturated rings. The second-order valence-corrected chi connectivity index (χ2v) is 7.36. The zero-order chi connectivity index (χ0) is 15.9. The van der Waals surface area contributed by atoms with Crippen molar-refractivity contribution in [3.05, 3.63) is 35.6 Å². The molecule has 4 heteroatoms. The van der Waals surface area contributed by atoms with Gasteiger partial charge in [0.2, 0.25) is 5.91 Å². The Kier molecular flexibility index (Phi) is 3.88. The van der Waals surface area contributed by atoms with Crippen LogP contribution in [0.2, 0.25) is 0 Å². The first-order chi connectivity index (χ1) is 11.2. The van der Waals surface area contributed by atoms with Crippen LogP contribution in [0, 0.1) is 5.82 Å². The van der Waals surface area contributed by atoms with Gasteiger partial charge in [-0.1, -0.05) is 18.6 Å². The maximum atomic E-state index is 13.2. The molecule has 0 unspecified atom stereocenters. The van der Waals surface area contributed by atoms with Crippen molar-refractivity contribution in [1.29, 1.82) is 0 Å². The van der Waals surface area contributed by atoms with Gasteiger partial charge in [0.1, 0.15) is 5.82 Å². The second-order valence-electron chi connectivity index (χ2n) is 7.36. The highest BCUT2D eigenvalue weighted by atomic mass is 19.1. The maximum absolute atomic E-state index is 13.2. The highest BCUT2D eigenvalue weighted by Crippen LogP contribution is 2.49. The van der Waals surface area contributed by atoms with Crippen LogP contribution in [0.15, 0.2) is 24.3 Å². The van der Waals surface area contributed by atoms with Gasteiger partial charge in [-0.2, -0.15) is 0 Å². The summed E-state index contributed by atoms with van der Waals surface area (Å²) in [6.45, 7) is 3.84. The summed E-state index contributed by atoms with van der Waals surface area (Å²) < 4.78 is 13.2. The quantitative estimate of drug-likeness (QED) is 0.856. The molecular formula is C19H25FN2O. The maximum Gasteiger partial charge on any atom is 0.233 e. The fraction of sp³-hybridized carbons (Fsp3) is 0.632. The Morgan fingerprint density at radius 1 is 1.00 bits per heavy atom. The molecule has 4 rings (SSSR count). The lowest BCUT2D eigenvalue weighted by molar-refractivity contribution is -0.133. The van der Waals surface area contributed by atoms with E-state index in [9.17, 15) is 9.18 Å². The SMILES string of the molecule is O=C(N1CCCN(C2CCC2)CC1)C1(c2ccc(F)cc2)CC1. The van der Waals surface area contributed by atoms with Gasteiger partial charge < -0.3 is 4.90 Å². The van der Waals surface area contributed by atoms with E-state index in [0.717, 1.165) is 57.0 Å². The van der Waals surface area contributed by atoms with E-state index in [-0.39, 0.29) is 17.1 Å². The van der Waals surface area contributed by atoms with Crippen LogP contribution in [0.5, 0.6) is 0 Å². The summed E-state index contributed by atoms with van der Waals surface area (Å²) in [5.41, 5.74) is 0.628. The van der Waals surface area contributed by atoms with Crippen LogP contribution >= 0.6 is 0 Å². The van der Waals surface area contributed by atoms with E-state index < -0.39 is 0 Å². The van der Waals surface area contributed by atoms with Gasteiger partial charge in [0.15, 0.2) is 0 Å². The van der Waals surface area contributed by atoms with Gasteiger partial charge in [-0.25, -0.2) is 4.39 Å². The van der Waals surface area contributed by atoms with Gasteiger partial charge in [0.25, 0.3) is 0 Å². The Labute approximate surface area is 137 Å². The average Bonchev–Trinajstić information content (AvgIpc) is 3.30. The van der Waals surface area contributed by atoms with E-state index in [2.05, 4.69) is 9.80 Å². The smallest absolute Gasteiger partial charge is 0.233 e. The van der Waals surface area contributed by atoms with Crippen molar-refractivity contribution < 1.29 is 9.18 Å². The topological polar surface area (TPSA) is 23.6 Å². The molecule has 2 aliphatic carbocycles. The Hall–Kier alpha value is -1.42. The third-order valence-electron chi connectivity index (χ3n) is 5.96. The predicted molar refractivity (Wildman–Crippen MR) is 87.7 cm³/mol. The molecule has 0 aromatic heterocycles. The molecule has 1 amide bonds. The van der Waals surface area contributed by atoms with Crippen molar-refractivity contribution in [1.82, 2.24) is 9.80 Å². The fourth-order valence-corrected chi connectivity index (χ4v) is 4.08. The zero-order valence-corrected chi connectivity index (χ0v) is 13.6. The molecule has 1 saturated heterocycles. The Bertz CT molecular complexity index is 578. The highest BCUT2D eigenvalue weighted by molar-refractivity contribution is 5.91. The first-order valence-corrected chi connectivity index (χ1v) is 8.98. The van der Waals surface area contributed by atoms with E-state index >= 15 is 0 Å². The molecular weight excluding hydrogens is 291 g/mol. The van der Waals surface area contributed by atoms with Crippen LogP contribution in [0.3, 0.4) is 0 Å². The van der Waals surface area contributed by atoms with Crippen LogP contribution < -0.4 is 0 Å². The molecule has 1 aliphatic heterocycles. The molecule has 0 spiro atoms. The molecule has 3 aliphatic rings. The van der Waals surface area contributed by atoms with Crippen molar-refractivity contribution in [2.75, 3.05) is 26.2 Å². The number of nitrogens with zero attached hydrogens (tertiary/aromatic N) is 2. The van der Waals surface area contributed by atoms with E-state index in [4.69, 9.17) is 0 Å². The Balaban J connectivity index is 1.45. The molecule has 0 atom stereocenters. The fourth-order valence-electron chi connectivity index (χ4n) is 4.08. The van der Waals surface area contributed by atoms with Gasteiger partial charge in [0.05, 0.1) is 5.41 Å². The molecule has 0 bridgehead atoms. The van der Waals surface area contributed by atoms with Gasteiger partial charge in [-0.3, -0.25) is 9.69 Å². The Morgan fingerprint density at radius 2 is 1.74 bits per heavy atom. The third kappa shape index (κ3) is 2.78. The predicted octanol–water partition coefficient (Wildman–Crippen LogP) is 2.94. The van der Waals surface area contributed by atoms with Crippen molar-refractivity contribution in [2.24, 2.45) is 0 Å². The zero-order valence-electron chi connectivity index (χ0n) is 13.6. The lowest BCUT2D eigenvalue weighted by atomic mass is 9.91. The van der Waals surface area contributed by atoms with Gasteiger partial charge in [-0.15, -0.1) is 0 Å². The molecule has 3 nitrogen and oxygen atoms in total. The summed E-state index contributed by atoms with van der Waals surface area (Å²) in [6, 6.07) is 7.29. The van der Waals surface area contributed by atoms with Crippen molar-refractivity contribution in [3.8, 4) is 0 Å². The number of carbonyl (C=O) groups is 1. The molecule has 124 valence electrons. The van der Waals surface area contributed by atoms with E-state index in [1.807, 2.05) is 0 Å². The number of hydrogen-bond donors (Lipinski definition) is 0.